The maximum absolute atomic E-state index is 5.41. The van der Waals surface area contributed by atoms with E-state index in [4.69, 9.17) is 4.98 Å². The molecular weight excluding hydrogens is 366 g/mol. The molecule has 3 heteroatoms. The summed E-state index contributed by atoms with van der Waals surface area (Å²) in [5.74, 6) is 5.16. The average molecular weight is 414 g/mol. The molecule has 6 atom stereocenters. The van der Waals surface area contributed by atoms with E-state index >= 15 is 0 Å². The summed E-state index contributed by atoms with van der Waals surface area (Å²) in [6.45, 7) is 14.6. The van der Waals surface area contributed by atoms with Gasteiger partial charge in [-0.25, -0.2) is 0 Å². The molecule has 0 aromatic rings. The van der Waals surface area contributed by atoms with Gasteiger partial charge in [-0.2, -0.15) is 0 Å². The van der Waals surface area contributed by atoms with Gasteiger partial charge >= 0.3 is 21.7 Å². The maximum Gasteiger partial charge on any atom is 4.00 e. The third kappa shape index (κ3) is 5.94. The Bertz CT molecular complexity index is 404. The van der Waals surface area contributed by atoms with E-state index in [-0.39, 0.29) is 49.5 Å². The summed E-state index contributed by atoms with van der Waals surface area (Å²) in [6.07, 6.45) is 10.7. The number of hydrogen-bond acceptors (Lipinski definition) is 0. The summed E-state index contributed by atoms with van der Waals surface area (Å²) in [4.78, 5) is 5.41. The van der Waals surface area contributed by atoms with E-state index in [0.29, 0.717) is 0 Å². The Labute approximate surface area is 183 Å². The zero-order valence-corrected chi connectivity index (χ0v) is 21.9. The molecule has 3 aliphatic rings. The summed E-state index contributed by atoms with van der Waals surface area (Å²) in [5.41, 5.74) is 1.09. The van der Waals surface area contributed by atoms with Crippen LogP contribution in [0.5, 0.6) is 0 Å². The Balaban J connectivity index is 0. The van der Waals surface area contributed by atoms with Gasteiger partial charge in [-0.05, 0) is 55.3 Å². The van der Waals surface area contributed by atoms with Gasteiger partial charge in [0.1, 0.15) is 0 Å². The molecule has 26 heavy (non-hydrogen) atoms. The first-order valence-electron chi connectivity index (χ1n) is 9.93. The van der Waals surface area contributed by atoms with Gasteiger partial charge in [0.2, 0.25) is 0 Å². The molecular formula is C23H47NSiTi. The van der Waals surface area contributed by atoms with Crippen LogP contribution in [-0.4, -0.2) is 13.8 Å². The maximum atomic E-state index is 5.41. The van der Waals surface area contributed by atoms with E-state index in [2.05, 4.69) is 40.8 Å². The predicted octanol–water partition coefficient (Wildman–Crippen LogP) is 7.95. The molecule has 0 radical (unpaired) electrons. The van der Waals surface area contributed by atoms with Crippen LogP contribution in [-0.2, 0) is 21.7 Å². The van der Waals surface area contributed by atoms with E-state index in [1.807, 2.05) is 0 Å². The molecule has 0 aliphatic heterocycles. The van der Waals surface area contributed by atoms with Gasteiger partial charge in [-0.1, -0.05) is 73.8 Å². The second kappa shape index (κ2) is 10.6. The van der Waals surface area contributed by atoms with Gasteiger partial charge in [0.15, 0.2) is 0 Å². The van der Waals surface area contributed by atoms with Crippen molar-refractivity contribution in [2.24, 2.45) is 29.6 Å². The van der Waals surface area contributed by atoms with Gasteiger partial charge < -0.3 is 27.3 Å². The van der Waals surface area contributed by atoms with Crippen LogP contribution in [0.1, 0.15) is 72.6 Å². The van der Waals surface area contributed by atoms with Crippen molar-refractivity contribution < 1.29 is 21.7 Å². The van der Waals surface area contributed by atoms with E-state index in [1.54, 1.807) is 12.8 Å². The molecule has 0 N–H and O–H groups in total. The number of fused-ring (bicyclic) bond motifs is 3. The van der Waals surface area contributed by atoms with Gasteiger partial charge in [0, 0.05) is 0 Å². The van der Waals surface area contributed by atoms with E-state index < -0.39 is 8.24 Å². The van der Waals surface area contributed by atoms with Crippen LogP contribution in [0.2, 0.25) is 18.6 Å². The summed E-state index contributed by atoms with van der Waals surface area (Å²) in [7, 11) is -1.51. The minimum Gasteiger partial charge on any atom is -0.660 e. The van der Waals surface area contributed by atoms with Crippen LogP contribution in [0.3, 0.4) is 0 Å². The Morgan fingerprint density at radius 1 is 0.808 bits per heavy atom. The second-order valence-corrected chi connectivity index (χ2v) is 14.5. The number of rotatable bonds is 2. The molecule has 0 bridgehead atoms. The van der Waals surface area contributed by atoms with Crippen molar-refractivity contribution in [3.63, 3.8) is 0 Å². The van der Waals surface area contributed by atoms with Crippen molar-refractivity contribution in [1.82, 2.24) is 0 Å². The first-order valence-corrected chi connectivity index (χ1v) is 13.0. The van der Waals surface area contributed by atoms with Crippen molar-refractivity contribution in [2.75, 3.05) is 0 Å². The molecule has 152 valence electrons. The van der Waals surface area contributed by atoms with Crippen molar-refractivity contribution in [2.45, 2.75) is 96.8 Å². The topological polar surface area (TPSA) is 14.1 Å². The Hall–Kier alpha value is 0.891. The molecule has 0 heterocycles. The third-order valence-corrected chi connectivity index (χ3v) is 11.0. The van der Waals surface area contributed by atoms with E-state index in [0.717, 1.165) is 35.1 Å². The van der Waals surface area contributed by atoms with E-state index in [9.17, 15) is 0 Å². The Kier molecular flexibility index (Phi) is 11.9. The van der Waals surface area contributed by atoms with Crippen LogP contribution in [0.4, 0.5) is 0 Å². The number of hydrogen-bond donors (Lipinski definition) is 0. The molecule has 0 aromatic carbocycles. The summed E-state index contributed by atoms with van der Waals surface area (Å²) < 4.78 is 0. The van der Waals surface area contributed by atoms with Crippen molar-refractivity contribution >= 4 is 8.24 Å². The molecule has 3 aliphatic carbocycles. The normalized spacial score (nSPS) is 36.2. The molecule has 0 spiro atoms. The molecule has 3 fully saturated rings. The molecule has 1 nitrogen and oxygen atoms in total. The monoisotopic (exact) mass is 413 g/mol. The molecule has 0 aromatic heterocycles. The molecule has 3 saturated carbocycles. The Morgan fingerprint density at radius 3 is 1.96 bits per heavy atom. The molecule has 0 amide bonds. The van der Waals surface area contributed by atoms with Gasteiger partial charge in [-0.3, -0.25) is 0 Å². The van der Waals surface area contributed by atoms with E-state index in [1.165, 1.54) is 32.1 Å². The summed E-state index contributed by atoms with van der Waals surface area (Å²) >= 11 is 0. The van der Waals surface area contributed by atoms with Crippen molar-refractivity contribution in [3.8, 4) is 0 Å². The van der Waals surface area contributed by atoms with Crippen LogP contribution in [0, 0.1) is 51.9 Å². The number of nitrogens with zero attached hydrogens (tertiary/aromatic N) is 1. The standard InChI is InChI=1S/C20H38NSi.3CH3.Ti/c1-14-13-18-16-10-8-7-9-15(16)11-12-17(18)19(14)22(5,6)21-20(2,3)4;;;;/h14-19H,7-13H2,1-6H3;3*1H3;/q4*-1;+4. The van der Waals surface area contributed by atoms with Gasteiger partial charge in [0.05, 0.1) is 0 Å². The average Bonchev–Trinajstić information content (AvgIpc) is 2.73. The van der Waals surface area contributed by atoms with Crippen LogP contribution >= 0.6 is 0 Å². The van der Waals surface area contributed by atoms with Crippen LogP contribution in [0.15, 0.2) is 0 Å². The fraction of sp³-hybridized carbons (Fsp3) is 0.870. The first kappa shape index (κ1) is 29.1. The zero-order valence-electron chi connectivity index (χ0n) is 19.4. The largest absolute Gasteiger partial charge is 4.00 e. The van der Waals surface area contributed by atoms with Gasteiger partial charge in [0.25, 0.3) is 0 Å². The SMILES string of the molecule is CC1CC2C3CCCCC3CCC2C1[Si](C)(C)[N-]C(C)(C)C.[CH3-].[CH3-].[CH3-].[Ti+4]. The minimum atomic E-state index is -1.51. The van der Waals surface area contributed by atoms with Gasteiger partial charge in [-0.15, -0.1) is 5.54 Å². The van der Waals surface area contributed by atoms with Crippen molar-refractivity contribution in [3.05, 3.63) is 27.3 Å². The third-order valence-electron chi connectivity index (χ3n) is 7.10. The Morgan fingerprint density at radius 2 is 1.38 bits per heavy atom. The van der Waals surface area contributed by atoms with Crippen LogP contribution in [0.25, 0.3) is 4.98 Å². The first-order chi connectivity index (χ1) is 10.2. The quantitative estimate of drug-likeness (QED) is 0.322. The smallest absolute Gasteiger partial charge is 0.660 e. The van der Waals surface area contributed by atoms with Crippen LogP contribution < -0.4 is 0 Å². The van der Waals surface area contributed by atoms with Crippen molar-refractivity contribution in [1.29, 1.82) is 0 Å². The summed E-state index contributed by atoms with van der Waals surface area (Å²) in [5, 5.41) is 0. The predicted molar refractivity (Wildman–Crippen MR) is 119 cm³/mol. The molecule has 6 unspecified atom stereocenters. The second-order valence-electron chi connectivity index (χ2n) is 10.3. The summed E-state index contributed by atoms with van der Waals surface area (Å²) in [6, 6.07) is 0. The fourth-order valence-electron chi connectivity index (χ4n) is 7.05. The fourth-order valence-corrected chi connectivity index (χ4v) is 11.9. The molecule has 3 rings (SSSR count). The minimum absolute atomic E-state index is 0. The molecule has 0 saturated heterocycles. The zero-order chi connectivity index (χ0) is 16.1.